The number of carbonyl (C=O) groups excluding carboxylic acids is 1. The van der Waals surface area contributed by atoms with Gasteiger partial charge in [0, 0.05) is 6.54 Å². The van der Waals surface area contributed by atoms with Crippen molar-refractivity contribution in [3.05, 3.63) is 0 Å². The molecule has 58 valence electrons. The van der Waals surface area contributed by atoms with E-state index in [1.54, 1.807) is 0 Å². The number of carbonyl (C=O) groups is 2. The molecule has 0 aliphatic carbocycles. The van der Waals surface area contributed by atoms with Gasteiger partial charge in [-0.15, -0.1) is 0 Å². The van der Waals surface area contributed by atoms with Crippen molar-refractivity contribution in [1.29, 1.82) is 0 Å². The molecule has 0 aromatic rings. The summed E-state index contributed by atoms with van der Waals surface area (Å²) < 4.78 is 0. The SMILES string of the molecule is NC[C@H](NC(N)=O)C(=O)O. The van der Waals surface area contributed by atoms with E-state index in [0.29, 0.717) is 0 Å². The zero-order valence-electron chi connectivity index (χ0n) is 5.20. The summed E-state index contributed by atoms with van der Waals surface area (Å²) in [7, 11) is 0. The average Bonchev–Trinajstić information content (AvgIpc) is 1.81. The van der Waals surface area contributed by atoms with Crippen LogP contribution in [0, 0.1) is 0 Å². The highest BCUT2D eigenvalue weighted by Crippen LogP contribution is 1.77. The van der Waals surface area contributed by atoms with E-state index in [2.05, 4.69) is 5.73 Å². The van der Waals surface area contributed by atoms with Gasteiger partial charge in [-0.1, -0.05) is 0 Å². The summed E-state index contributed by atoms with van der Waals surface area (Å²) in [6, 6.07) is -1.98. The lowest BCUT2D eigenvalue weighted by molar-refractivity contribution is -0.138. The number of primary amides is 1. The first kappa shape index (κ1) is 8.70. The number of carboxylic acids is 1. The highest BCUT2D eigenvalue weighted by molar-refractivity contribution is 5.81. The van der Waals surface area contributed by atoms with E-state index in [4.69, 9.17) is 10.8 Å². The molecule has 0 aliphatic rings. The molecule has 1 atom stereocenters. The number of rotatable bonds is 3. The van der Waals surface area contributed by atoms with Crippen molar-refractivity contribution in [2.45, 2.75) is 6.04 Å². The third kappa shape index (κ3) is 2.88. The second kappa shape index (κ2) is 3.67. The van der Waals surface area contributed by atoms with Crippen LogP contribution in [0.15, 0.2) is 0 Å². The van der Waals surface area contributed by atoms with Crippen molar-refractivity contribution in [3.8, 4) is 0 Å². The van der Waals surface area contributed by atoms with Crippen LogP contribution in [-0.4, -0.2) is 29.7 Å². The lowest BCUT2D eigenvalue weighted by atomic mass is 10.3. The number of hydrogen-bond acceptors (Lipinski definition) is 3. The predicted octanol–water partition coefficient (Wildman–Crippen LogP) is -1.93. The van der Waals surface area contributed by atoms with Gasteiger partial charge in [-0.25, -0.2) is 9.59 Å². The molecule has 0 heterocycles. The topological polar surface area (TPSA) is 118 Å². The second-order valence-corrected chi connectivity index (χ2v) is 1.64. The van der Waals surface area contributed by atoms with Crippen molar-refractivity contribution < 1.29 is 14.7 Å². The fourth-order valence-corrected chi connectivity index (χ4v) is 0.393. The Balaban J connectivity index is 3.83. The first-order valence-corrected chi connectivity index (χ1v) is 2.56. The minimum absolute atomic E-state index is 0.168. The molecule has 0 bridgehead atoms. The van der Waals surface area contributed by atoms with Crippen molar-refractivity contribution in [1.82, 2.24) is 5.32 Å². The third-order valence-electron chi connectivity index (χ3n) is 0.850. The summed E-state index contributed by atoms with van der Waals surface area (Å²) in [6.07, 6.45) is 0. The molecule has 0 radical (unpaired) electrons. The molecule has 0 rings (SSSR count). The second-order valence-electron chi connectivity index (χ2n) is 1.64. The molecular formula is C4H9N3O3. The molecule has 0 aromatic heterocycles. The summed E-state index contributed by atoms with van der Waals surface area (Å²) in [5, 5.41) is 10.2. The molecule has 0 aromatic carbocycles. The van der Waals surface area contributed by atoms with E-state index in [9.17, 15) is 9.59 Å². The first-order valence-electron chi connectivity index (χ1n) is 2.56. The highest BCUT2D eigenvalue weighted by Gasteiger charge is 2.15. The Morgan fingerprint density at radius 2 is 2.10 bits per heavy atom. The maximum Gasteiger partial charge on any atom is 0.327 e. The maximum absolute atomic E-state index is 10.1. The van der Waals surface area contributed by atoms with E-state index >= 15 is 0 Å². The molecule has 0 saturated heterocycles. The lowest BCUT2D eigenvalue weighted by Crippen LogP contribution is -2.47. The maximum atomic E-state index is 10.1. The standard InChI is InChI=1S/C4H9N3O3/c5-1-2(3(8)9)7-4(6)10/h2H,1,5H2,(H,8,9)(H3,6,7,10)/t2-/m0/s1. The van der Waals surface area contributed by atoms with E-state index in [0.717, 1.165) is 0 Å². The molecular weight excluding hydrogens is 138 g/mol. The van der Waals surface area contributed by atoms with Gasteiger partial charge in [-0.3, -0.25) is 0 Å². The number of amides is 2. The van der Waals surface area contributed by atoms with Crippen LogP contribution < -0.4 is 16.8 Å². The van der Waals surface area contributed by atoms with Gasteiger partial charge in [0.25, 0.3) is 0 Å². The number of hydrogen-bond donors (Lipinski definition) is 4. The summed E-state index contributed by atoms with van der Waals surface area (Å²) in [5.74, 6) is -1.19. The number of urea groups is 1. The Morgan fingerprint density at radius 1 is 1.60 bits per heavy atom. The predicted molar refractivity (Wildman–Crippen MR) is 33.2 cm³/mol. The van der Waals surface area contributed by atoms with Gasteiger partial charge in [0.1, 0.15) is 6.04 Å². The molecule has 2 amide bonds. The normalized spacial score (nSPS) is 12.1. The minimum Gasteiger partial charge on any atom is -0.480 e. The third-order valence-corrected chi connectivity index (χ3v) is 0.850. The first-order chi connectivity index (χ1) is 4.57. The van der Waals surface area contributed by atoms with Gasteiger partial charge in [0.05, 0.1) is 0 Å². The summed E-state index contributed by atoms with van der Waals surface area (Å²) >= 11 is 0. The Morgan fingerprint density at radius 3 is 2.20 bits per heavy atom. The summed E-state index contributed by atoms with van der Waals surface area (Å²) in [5.41, 5.74) is 9.61. The van der Waals surface area contributed by atoms with Crippen LogP contribution in [-0.2, 0) is 4.79 Å². The summed E-state index contributed by atoms with van der Waals surface area (Å²) in [4.78, 5) is 20.2. The molecule has 0 fully saturated rings. The molecule has 0 unspecified atom stereocenters. The Hall–Kier alpha value is -1.30. The van der Waals surface area contributed by atoms with Gasteiger partial charge in [0.2, 0.25) is 0 Å². The Kier molecular flexibility index (Phi) is 3.20. The molecule has 0 aliphatic heterocycles. The number of aliphatic carboxylic acids is 1. The monoisotopic (exact) mass is 147 g/mol. The lowest BCUT2D eigenvalue weighted by Gasteiger charge is -2.08. The smallest absolute Gasteiger partial charge is 0.327 e. The van der Waals surface area contributed by atoms with Crippen LogP contribution in [0.2, 0.25) is 0 Å². The van der Waals surface area contributed by atoms with Gasteiger partial charge in [-0.05, 0) is 0 Å². The number of nitrogens with two attached hydrogens (primary N) is 2. The van der Waals surface area contributed by atoms with E-state index < -0.39 is 18.0 Å². The summed E-state index contributed by atoms with van der Waals surface area (Å²) in [6.45, 7) is -0.168. The zero-order chi connectivity index (χ0) is 8.15. The van der Waals surface area contributed by atoms with Gasteiger partial charge < -0.3 is 21.9 Å². The van der Waals surface area contributed by atoms with Crippen LogP contribution in [0.5, 0.6) is 0 Å². The van der Waals surface area contributed by atoms with E-state index in [1.165, 1.54) is 0 Å². The van der Waals surface area contributed by atoms with Gasteiger partial charge >= 0.3 is 12.0 Å². The molecule has 6 N–H and O–H groups in total. The molecule has 0 spiro atoms. The van der Waals surface area contributed by atoms with E-state index in [1.807, 2.05) is 5.32 Å². The van der Waals surface area contributed by atoms with E-state index in [-0.39, 0.29) is 6.54 Å². The molecule has 6 heteroatoms. The van der Waals surface area contributed by atoms with Crippen LogP contribution >= 0.6 is 0 Å². The van der Waals surface area contributed by atoms with Crippen LogP contribution in [0.1, 0.15) is 0 Å². The van der Waals surface area contributed by atoms with Crippen LogP contribution in [0.3, 0.4) is 0 Å². The quantitative estimate of drug-likeness (QED) is 0.371. The zero-order valence-corrected chi connectivity index (χ0v) is 5.20. The fraction of sp³-hybridized carbons (Fsp3) is 0.500. The highest BCUT2D eigenvalue weighted by atomic mass is 16.4. The molecule has 10 heavy (non-hydrogen) atoms. The number of carboxylic acid groups (broad SMARTS) is 1. The van der Waals surface area contributed by atoms with Crippen molar-refractivity contribution >= 4 is 12.0 Å². The average molecular weight is 147 g/mol. The minimum atomic E-state index is -1.19. The van der Waals surface area contributed by atoms with Crippen LogP contribution in [0.4, 0.5) is 4.79 Å². The number of nitrogens with one attached hydrogen (secondary N) is 1. The van der Waals surface area contributed by atoms with Crippen molar-refractivity contribution in [2.75, 3.05) is 6.54 Å². The Bertz CT molecular complexity index is 147. The van der Waals surface area contributed by atoms with Crippen LogP contribution in [0.25, 0.3) is 0 Å². The largest absolute Gasteiger partial charge is 0.480 e. The fourth-order valence-electron chi connectivity index (χ4n) is 0.393. The van der Waals surface area contributed by atoms with Crippen molar-refractivity contribution in [3.63, 3.8) is 0 Å². The Labute approximate surface area is 57.2 Å². The molecule has 0 saturated carbocycles. The molecule has 6 nitrogen and oxygen atoms in total. The van der Waals surface area contributed by atoms with Gasteiger partial charge in [0.15, 0.2) is 0 Å². The van der Waals surface area contributed by atoms with Crippen molar-refractivity contribution in [2.24, 2.45) is 11.5 Å². The van der Waals surface area contributed by atoms with Gasteiger partial charge in [-0.2, -0.15) is 0 Å².